The van der Waals surface area contributed by atoms with Gasteiger partial charge in [-0.25, -0.2) is 0 Å². The molecule has 3 unspecified atom stereocenters. The molecular formula is C38H69NO4. The van der Waals surface area contributed by atoms with Gasteiger partial charge in [-0.1, -0.05) is 140 Å². The molecular weight excluding hydrogens is 534 g/mol. The van der Waals surface area contributed by atoms with Crippen LogP contribution in [-0.2, 0) is 4.79 Å². The monoisotopic (exact) mass is 604 g/mol. The van der Waals surface area contributed by atoms with Gasteiger partial charge >= 0.3 is 0 Å². The van der Waals surface area contributed by atoms with Gasteiger partial charge in [0.05, 0.1) is 31.3 Å². The minimum atomic E-state index is -0.962. The van der Waals surface area contributed by atoms with Crippen molar-refractivity contribution < 1.29 is 20.1 Å². The summed E-state index contributed by atoms with van der Waals surface area (Å²) in [6.45, 7) is 4.11. The van der Waals surface area contributed by atoms with Crippen molar-refractivity contribution in [2.75, 3.05) is 6.61 Å². The number of rotatable bonds is 31. The van der Waals surface area contributed by atoms with Gasteiger partial charge in [0.25, 0.3) is 0 Å². The number of nitrogens with one attached hydrogen (secondary N) is 1. The predicted molar refractivity (Wildman–Crippen MR) is 185 cm³/mol. The molecule has 0 aromatic heterocycles. The van der Waals surface area contributed by atoms with Gasteiger partial charge in [-0.2, -0.15) is 0 Å². The number of aliphatic hydroxyl groups excluding tert-OH is 3. The van der Waals surface area contributed by atoms with Gasteiger partial charge in [-0.15, -0.1) is 0 Å². The van der Waals surface area contributed by atoms with Crippen LogP contribution >= 0.6 is 0 Å². The molecule has 3 atom stereocenters. The Labute approximate surface area is 266 Å². The molecule has 1 amide bonds. The van der Waals surface area contributed by atoms with Crippen molar-refractivity contribution in [1.29, 1.82) is 0 Å². The highest BCUT2D eigenvalue weighted by Crippen LogP contribution is 2.12. The molecule has 0 fully saturated rings. The van der Waals surface area contributed by atoms with Gasteiger partial charge in [0.15, 0.2) is 0 Å². The maximum absolute atomic E-state index is 12.3. The van der Waals surface area contributed by atoms with E-state index in [0.29, 0.717) is 6.42 Å². The Hall–Kier alpha value is -1.69. The van der Waals surface area contributed by atoms with E-state index in [1.807, 2.05) is 6.08 Å². The van der Waals surface area contributed by atoms with Gasteiger partial charge in [0.2, 0.25) is 5.91 Å². The van der Waals surface area contributed by atoms with Crippen molar-refractivity contribution in [3.63, 3.8) is 0 Å². The second kappa shape index (κ2) is 33.2. The van der Waals surface area contributed by atoms with Crippen LogP contribution in [0.1, 0.15) is 162 Å². The van der Waals surface area contributed by atoms with Gasteiger partial charge < -0.3 is 20.6 Å². The lowest BCUT2D eigenvalue weighted by atomic mass is 10.1. The third-order valence-electron chi connectivity index (χ3n) is 7.82. The van der Waals surface area contributed by atoms with Crippen molar-refractivity contribution >= 4 is 5.91 Å². The molecule has 0 aliphatic heterocycles. The number of hydrogen-bond acceptors (Lipinski definition) is 4. The molecule has 0 aromatic carbocycles. The van der Waals surface area contributed by atoms with Crippen LogP contribution in [0.3, 0.4) is 0 Å². The molecule has 0 aliphatic rings. The zero-order valence-corrected chi connectivity index (χ0v) is 28.1. The second-order valence-electron chi connectivity index (χ2n) is 12.1. The molecule has 0 spiro atoms. The lowest BCUT2D eigenvalue weighted by molar-refractivity contribution is -0.124. The molecule has 0 saturated carbocycles. The number of hydrogen-bond donors (Lipinski definition) is 4. The fourth-order valence-electron chi connectivity index (χ4n) is 5.00. The highest BCUT2D eigenvalue weighted by molar-refractivity contribution is 5.76. The fourth-order valence-corrected chi connectivity index (χ4v) is 5.00. The van der Waals surface area contributed by atoms with Crippen LogP contribution in [0, 0.1) is 0 Å². The van der Waals surface area contributed by atoms with Crippen LogP contribution in [0.2, 0.25) is 0 Å². The molecule has 0 rings (SSSR count). The fraction of sp³-hybridized carbons (Fsp3) is 0.763. The van der Waals surface area contributed by atoms with E-state index in [-0.39, 0.29) is 18.9 Å². The van der Waals surface area contributed by atoms with Crippen LogP contribution in [0.4, 0.5) is 0 Å². The number of allylic oxidation sites excluding steroid dienone is 7. The van der Waals surface area contributed by atoms with Crippen LogP contribution in [0.5, 0.6) is 0 Å². The molecule has 0 aliphatic carbocycles. The summed E-state index contributed by atoms with van der Waals surface area (Å²) in [5.41, 5.74) is 0. The van der Waals surface area contributed by atoms with Crippen molar-refractivity contribution in [2.24, 2.45) is 0 Å². The highest BCUT2D eigenvalue weighted by Gasteiger charge is 2.20. The molecule has 0 aromatic rings. The normalized spacial score (nSPS) is 14.4. The second-order valence-corrected chi connectivity index (χ2v) is 12.1. The van der Waals surface area contributed by atoms with E-state index in [4.69, 9.17) is 0 Å². The zero-order chi connectivity index (χ0) is 31.6. The van der Waals surface area contributed by atoms with Gasteiger partial charge in [0, 0.05) is 0 Å². The molecule has 43 heavy (non-hydrogen) atoms. The molecule has 0 heterocycles. The van der Waals surface area contributed by atoms with Crippen LogP contribution in [0.15, 0.2) is 48.6 Å². The summed E-state index contributed by atoms with van der Waals surface area (Å²) in [6, 6.07) is -0.770. The summed E-state index contributed by atoms with van der Waals surface area (Å²) in [6.07, 6.45) is 41.0. The average Bonchev–Trinajstić information content (AvgIpc) is 3.00. The summed E-state index contributed by atoms with van der Waals surface area (Å²) in [4.78, 5) is 12.3. The Kier molecular flexibility index (Phi) is 31.9. The van der Waals surface area contributed by atoms with Crippen molar-refractivity contribution in [3.05, 3.63) is 48.6 Å². The molecule has 0 bridgehead atoms. The smallest absolute Gasteiger partial charge is 0.222 e. The number of aliphatic hydroxyl groups is 3. The number of carbonyl (C=O) groups excluding carboxylic acids is 1. The standard InChI is InChI=1S/C38H69NO4/c1-3-5-7-9-11-13-14-15-16-17-18-19-20-21-22-24-26-28-30-32-37(42)36(34-40)39-38(43)33-35(41)31-29-27-25-23-12-10-8-6-4-2/h10,12,18-19,22,24,30,32,35-37,40-42H,3-9,11,13-17,20-21,23,25-29,31,33-34H2,1-2H3,(H,39,43)/b12-10-,19-18+,24-22+,32-30+. The molecule has 250 valence electrons. The number of unbranched alkanes of at least 4 members (excludes halogenated alkanes) is 16. The van der Waals surface area contributed by atoms with Crippen LogP contribution in [-0.4, -0.2) is 46.1 Å². The predicted octanol–water partition coefficient (Wildman–Crippen LogP) is 9.42. The summed E-state index contributed by atoms with van der Waals surface area (Å²) < 4.78 is 0. The van der Waals surface area contributed by atoms with E-state index in [9.17, 15) is 20.1 Å². The van der Waals surface area contributed by atoms with E-state index in [1.54, 1.807) is 6.08 Å². The minimum Gasteiger partial charge on any atom is -0.394 e. The summed E-state index contributed by atoms with van der Waals surface area (Å²) in [7, 11) is 0. The van der Waals surface area contributed by atoms with E-state index in [2.05, 4.69) is 55.6 Å². The quantitative estimate of drug-likeness (QED) is 0.0469. The molecule has 0 radical (unpaired) electrons. The minimum absolute atomic E-state index is 0.0108. The van der Waals surface area contributed by atoms with Crippen molar-refractivity contribution in [1.82, 2.24) is 5.32 Å². The van der Waals surface area contributed by atoms with Gasteiger partial charge in [-0.3, -0.25) is 4.79 Å². The SMILES string of the molecule is CCCC/C=C\CCCCCC(O)CC(=O)NC(CO)C(O)/C=C/CC/C=C/CC/C=C/CCCCCCCCCCC. The third kappa shape index (κ3) is 30.1. The first-order valence-electron chi connectivity index (χ1n) is 17.9. The Balaban J connectivity index is 3.84. The third-order valence-corrected chi connectivity index (χ3v) is 7.82. The van der Waals surface area contributed by atoms with Crippen LogP contribution in [0.25, 0.3) is 0 Å². The van der Waals surface area contributed by atoms with E-state index in [1.165, 1.54) is 77.0 Å². The summed E-state index contributed by atoms with van der Waals surface area (Å²) in [5.74, 6) is -0.344. The van der Waals surface area contributed by atoms with E-state index < -0.39 is 18.2 Å². The Morgan fingerprint density at radius 2 is 1.02 bits per heavy atom. The van der Waals surface area contributed by atoms with Crippen molar-refractivity contribution in [3.8, 4) is 0 Å². The number of amides is 1. The molecule has 0 saturated heterocycles. The maximum Gasteiger partial charge on any atom is 0.222 e. The number of carbonyl (C=O) groups is 1. The van der Waals surface area contributed by atoms with Gasteiger partial charge in [-0.05, 0) is 64.2 Å². The highest BCUT2D eigenvalue weighted by atomic mass is 16.3. The van der Waals surface area contributed by atoms with Gasteiger partial charge in [0.1, 0.15) is 0 Å². The summed E-state index contributed by atoms with van der Waals surface area (Å²) in [5, 5.41) is 32.9. The summed E-state index contributed by atoms with van der Waals surface area (Å²) >= 11 is 0. The Morgan fingerprint density at radius 3 is 1.56 bits per heavy atom. The topological polar surface area (TPSA) is 89.8 Å². The molecule has 5 nitrogen and oxygen atoms in total. The Bertz CT molecular complexity index is 715. The zero-order valence-electron chi connectivity index (χ0n) is 28.1. The van der Waals surface area contributed by atoms with E-state index >= 15 is 0 Å². The lowest BCUT2D eigenvalue weighted by Gasteiger charge is -2.20. The molecule has 4 N–H and O–H groups in total. The Morgan fingerprint density at radius 1 is 0.581 bits per heavy atom. The first-order chi connectivity index (χ1) is 21.0. The largest absolute Gasteiger partial charge is 0.394 e. The first kappa shape index (κ1) is 41.3. The van der Waals surface area contributed by atoms with E-state index in [0.717, 1.165) is 57.8 Å². The average molecular weight is 604 g/mol. The van der Waals surface area contributed by atoms with Crippen molar-refractivity contribution in [2.45, 2.75) is 180 Å². The lowest BCUT2D eigenvalue weighted by Crippen LogP contribution is -2.45. The maximum atomic E-state index is 12.3. The van der Waals surface area contributed by atoms with Crippen LogP contribution < -0.4 is 5.32 Å². The first-order valence-corrected chi connectivity index (χ1v) is 17.9. The molecule has 5 heteroatoms.